The molecule has 0 spiro atoms. The predicted molar refractivity (Wildman–Crippen MR) is 66.3 cm³/mol. The van der Waals surface area contributed by atoms with Gasteiger partial charge in [0.1, 0.15) is 0 Å². The molecule has 0 atom stereocenters. The van der Waals surface area contributed by atoms with E-state index in [2.05, 4.69) is 15.6 Å². The van der Waals surface area contributed by atoms with Crippen LogP contribution in [0.15, 0.2) is 5.38 Å². The maximum Gasteiger partial charge on any atom is 0.315 e. The number of rotatable bonds is 4. The molecule has 1 heterocycles. The number of aromatic nitrogens is 1. The SMILES string of the molecule is CCC(C)(C)NC(=O)NCc1csc(N)n1. The van der Waals surface area contributed by atoms with Gasteiger partial charge in [-0.15, -0.1) is 11.3 Å². The van der Waals surface area contributed by atoms with E-state index in [9.17, 15) is 4.79 Å². The predicted octanol–water partition coefficient (Wildman–Crippen LogP) is 1.71. The van der Waals surface area contributed by atoms with Gasteiger partial charge in [-0.1, -0.05) is 6.92 Å². The highest BCUT2D eigenvalue weighted by Crippen LogP contribution is 2.10. The smallest absolute Gasteiger partial charge is 0.315 e. The summed E-state index contributed by atoms with van der Waals surface area (Å²) in [6, 6.07) is -0.182. The lowest BCUT2D eigenvalue weighted by Gasteiger charge is -2.24. The summed E-state index contributed by atoms with van der Waals surface area (Å²) in [5.41, 5.74) is 6.08. The lowest BCUT2D eigenvalue weighted by atomic mass is 10.0. The van der Waals surface area contributed by atoms with Crippen LogP contribution in [0.1, 0.15) is 32.9 Å². The molecule has 0 fully saturated rings. The molecule has 0 bridgehead atoms. The number of carbonyl (C=O) groups excluding carboxylic acids is 1. The molecular weight excluding hydrogens is 224 g/mol. The first-order valence-electron chi connectivity index (χ1n) is 5.19. The highest BCUT2D eigenvalue weighted by Gasteiger charge is 2.17. The van der Waals surface area contributed by atoms with Gasteiger partial charge in [-0.3, -0.25) is 0 Å². The molecule has 0 aliphatic carbocycles. The van der Waals surface area contributed by atoms with Gasteiger partial charge in [0.2, 0.25) is 0 Å². The molecule has 0 aliphatic rings. The van der Waals surface area contributed by atoms with Crippen LogP contribution in [0.2, 0.25) is 0 Å². The average Bonchev–Trinajstić information content (AvgIpc) is 2.61. The molecule has 0 saturated carbocycles. The van der Waals surface area contributed by atoms with Crippen molar-refractivity contribution in [3.63, 3.8) is 0 Å². The first kappa shape index (κ1) is 12.8. The molecule has 90 valence electrons. The highest BCUT2D eigenvalue weighted by molar-refractivity contribution is 7.13. The topological polar surface area (TPSA) is 80.0 Å². The molecule has 16 heavy (non-hydrogen) atoms. The Kier molecular flexibility index (Phi) is 4.12. The van der Waals surface area contributed by atoms with Crippen molar-refractivity contribution in [1.29, 1.82) is 0 Å². The van der Waals surface area contributed by atoms with E-state index in [1.807, 2.05) is 26.2 Å². The van der Waals surface area contributed by atoms with Gasteiger partial charge in [-0.05, 0) is 20.3 Å². The molecule has 0 radical (unpaired) electrons. The van der Waals surface area contributed by atoms with Gasteiger partial charge >= 0.3 is 6.03 Å². The van der Waals surface area contributed by atoms with Gasteiger partial charge in [0.05, 0.1) is 12.2 Å². The zero-order valence-corrected chi connectivity index (χ0v) is 10.6. The largest absolute Gasteiger partial charge is 0.375 e. The molecule has 5 nitrogen and oxygen atoms in total. The minimum absolute atomic E-state index is 0.182. The van der Waals surface area contributed by atoms with Gasteiger partial charge in [-0.25, -0.2) is 9.78 Å². The lowest BCUT2D eigenvalue weighted by molar-refractivity contribution is 0.228. The van der Waals surface area contributed by atoms with E-state index in [1.54, 1.807) is 0 Å². The molecule has 4 N–H and O–H groups in total. The van der Waals surface area contributed by atoms with Crippen LogP contribution in [0.4, 0.5) is 9.93 Å². The van der Waals surface area contributed by atoms with Crippen molar-refractivity contribution in [2.24, 2.45) is 0 Å². The van der Waals surface area contributed by atoms with E-state index in [-0.39, 0.29) is 11.6 Å². The molecule has 0 saturated heterocycles. The summed E-state index contributed by atoms with van der Waals surface area (Å²) in [7, 11) is 0. The number of thiazole rings is 1. The second kappa shape index (κ2) is 5.16. The molecule has 6 heteroatoms. The number of amides is 2. The number of hydrogen-bond donors (Lipinski definition) is 3. The molecule has 1 aromatic rings. The summed E-state index contributed by atoms with van der Waals surface area (Å²) in [6.07, 6.45) is 0.879. The maximum absolute atomic E-state index is 11.5. The van der Waals surface area contributed by atoms with Crippen molar-refractivity contribution in [2.75, 3.05) is 5.73 Å². The zero-order chi connectivity index (χ0) is 12.2. The van der Waals surface area contributed by atoms with E-state index >= 15 is 0 Å². The van der Waals surface area contributed by atoms with E-state index in [0.717, 1.165) is 12.1 Å². The molecular formula is C10H18N4OS. The van der Waals surface area contributed by atoms with Crippen LogP contribution in [0.25, 0.3) is 0 Å². The van der Waals surface area contributed by atoms with Crippen LogP contribution >= 0.6 is 11.3 Å². The maximum atomic E-state index is 11.5. The molecule has 1 aromatic heterocycles. The summed E-state index contributed by atoms with van der Waals surface area (Å²) >= 11 is 1.37. The number of nitrogen functional groups attached to an aromatic ring is 1. The average molecular weight is 242 g/mol. The first-order chi connectivity index (χ1) is 7.43. The van der Waals surface area contributed by atoms with Gasteiger partial charge in [0, 0.05) is 10.9 Å². The number of anilines is 1. The fraction of sp³-hybridized carbons (Fsp3) is 0.600. The quantitative estimate of drug-likeness (QED) is 0.752. The second-order valence-corrected chi connectivity index (χ2v) is 5.11. The lowest BCUT2D eigenvalue weighted by Crippen LogP contribution is -2.47. The van der Waals surface area contributed by atoms with Crippen molar-refractivity contribution in [2.45, 2.75) is 39.3 Å². The Bertz CT molecular complexity index is 361. The monoisotopic (exact) mass is 242 g/mol. The second-order valence-electron chi connectivity index (χ2n) is 4.22. The number of carbonyl (C=O) groups is 1. The third-order valence-electron chi connectivity index (χ3n) is 2.34. The zero-order valence-electron chi connectivity index (χ0n) is 9.83. The summed E-state index contributed by atoms with van der Waals surface area (Å²) < 4.78 is 0. The number of nitrogens with zero attached hydrogens (tertiary/aromatic N) is 1. The standard InChI is InChI=1S/C10H18N4OS/c1-4-10(2,3)14-9(15)12-5-7-6-16-8(11)13-7/h6H,4-5H2,1-3H3,(H2,11,13)(H2,12,14,15). The summed E-state index contributed by atoms with van der Waals surface area (Å²) in [5, 5.41) is 7.97. The van der Waals surface area contributed by atoms with E-state index in [1.165, 1.54) is 11.3 Å². The molecule has 1 rings (SSSR count). The Morgan fingerprint density at radius 2 is 2.31 bits per heavy atom. The van der Waals surface area contributed by atoms with Crippen LogP contribution in [0, 0.1) is 0 Å². The van der Waals surface area contributed by atoms with Crippen LogP contribution in [-0.2, 0) is 6.54 Å². The van der Waals surface area contributed by atoms with E-state index in [0.29, 0.717) is 11.7 Å². The fourth-order valence-electron chi connectivity index (χ4n) is 1.01. The van der Waals surface area contributed by atoms with Crippen molar-refractivity contribution >= 4 is 22.5 Å². The Balaban J connectivity index is 2.36. The third-order valence-corrected chi connectivity index (χ3v) is 3.06. The highest BCUT2D eigenvalue weighted by atomic mass is 32.1. The Morgan fingerprint density at radius 3 is 2.81 bits per heavy atom. The molecule has 0 unspecified atom stereocenters. The van der Waals surface area contributed by atoms with Crippen molar-refractivity contribution < 1.29 is 4.79 Å². The first-order valence-corrected chi connectivity index (χ1v) is 6.07. The number of hydrogen-bond acceptors (Lipinski definition) is 4. The van der Waals surface area contributed by atoms with Gasteiger partial charge in [0.25, 0.3) is 0 Å². The fourth-order valence-corrected chi connectivity index (χ4v) is 1.58. The van der Waals surface area contributed by atoms with E-state index < -0.39 is 0 Å². The Morgan fingerprint density at radius 1 is 1.62 bits per heavy atom. The Hall–Kier alpha value is -1.30. The van der Waals surface area contributed by atoms with Crippen LogP contribution in [0.3, 0.4) is 0 Å². The normalized spacial score (nSPS) is 11.2. The van der Waals surface area contributed by atoms with Crippen LogP contribution in [-0.4, -0.2) is 16.6 Å². The number of nitrogens with two attached hydrogens (primary N) is 1. The third kappa shape index (κ3) is 4.06. The Labute approximate surface area is 99.4 Å². The minimum Gasteiger partial charge on any atom is -0.375 e. The summed E-state index contributed by atoms with van der Waals surface area (Å²) in [4.78, 5) is 15.6. The van der Waals surface area contributed by atoms with Crippen molar-refractivity contribution in [3.8, 4) is 0 Å². The summed E-state index contributed by atoms with van der Waals surface area (Å²) in [5.74, 6) is 0. The molecule has 0 aromatic carbocycles. The van der Waals surface area contributed by atoms with Gasteiger partial charge in [0.15, 0.2) is 5.13 Å². The number of nitrogens with one attached hydrogen (secondary N) is 2. The van der Waals surface area contributed by atoms with Gasteiger partial charge in [-0.2, -0.15) is 0 Å². The summed E-state index contributed by atoms with van der Waals surface area (Å²) in [6.45, 7) is 6.39. The van der Waals surface area contributed by atoms with Gasteiger partial charge < -0.3 is 16.4 Å². The van der Waals surface area contributed by atoms with Crippen LogP contribution in [0.5, 0.6) is 0 Å². The van der Waals surface area contributed by atoms with E-state index in [4.69, 9.17) is 5.73 Å². The minimum atomic E-state index is -0.189. The van der Waals surface area contributed by atoms with Crippen LogP contribution < -0.4 is 16.4 Å². The molecule has 0 aliphatic heterocycles. The number of urea groups is 1. The van der Waals surface area contributed by atoms with Crippen molar-refractivity contribution in [3.05, 3.63) is 11.1 Å². The van der Waals surface area contributed by atoms with Crippen molar-refractivity contribution in [1.82, 2.24) is 15.6 Å². The molecule has 2 amide bonds.